The molecule has 3 aromatic rings. The second kappa shape index (κ2) is 11.7. The van der Waals surface area contributed by atoms with E-state index in [0.29, 0.717) is 13.1 Å². The monoisotopic (exact) mass is 500 g/mol. The molecule has 4 rings (SSSR count). The molecule has 3 heterocycles. The van der Waals surface area contributed by atoms with Crippen LogP contribution in [-0.4, -0.2) is 56.7 Å². The number of likely N-dealkylation sites (tertiary alicyclic amines) is 1. The van der Waals surface area contributed by atoms with Crippen molar-refractivity contribution in [3.8, 4) is 11.3 Å². The second-order valence-corrected chi connectivity index (χ2v) is 9.07. The largest absolute Gasteiger partial charge is 0.421 e. The van der Waals surface area contributed by atoms with Crippen molar-refractivity contribution < 1.29 is 18.3 Å². The van der Waals surface area contributed by atoms with Gasteiger partial charge in [-0.2, -0.15) is 18.2 Å². The van der Waals surface area contributed by atoms with Gasteiger partial charge in [0.1, 0.15) is 11.4 Å². The summed E-state index contributed by atoms with van der Waals surface area (Å²) in [5.41, 5.74) is 1.78. The van der Waals surface area contributed by atoms with Crippen LogP contribution in [0.15, 0.2) is 54.9 Å². The molecule has 192 valence electrons. The standard InChI is InChI=1S/C26H31F3N6O/c1-18(36)23(17-35-13-5-2-6-14-35)33-24-21(26(27,28)29)16-32-25(34-24)31-15-19-8-10-20(11-9-19)22-7-3-4-12-30-22/h3-4,7-12,16,18,23,36H,2,5-6,13-15,17H2,1H3,(H2,31,32,33,34)/t18-,23-/m1/s1. The first-order valence-corrected chi connectivity index (χ1v) is 12.1. The third kappa shape index (κ3) is 6.92. The second-order valence-electron chi connectivity index (χ2n) is 9.07. The van der Waals surface area contributed by atoms with E-state index in [1.807, 2.05) is 42.5 Å². The molecule has 7 nitrogen and oxygen atoms in total. The van der Waals surface area contributed by atoms with E-state index >= 15 is 0 Å². The number of piperidine rings is 1. The summed E-state index contributed by atoms with van der Waals surface area (Å²) >= 11 is 0. The Morgan fingerprint density at radius 1 is 1.03 bits per heavy atom. The molecule has 0 amide bonds. The Balaban J connectivity index is 1.47. The Labute approximate surface area is 208 Å². The lowest BCUT2D eigenvalue weighted by Crippen LogP contribution is -2.45. The van der Waals surface area contributed by atoms with Gasteiger partial charge >= 0.3 is 6.18 Å². The Morgan fingerprint density at radius 2 is 1.78 bits per heavy atom. The molecule has 0 radical (unpaired) electrons. The number of aliphatic hydroxyl groups is 1. The fourth-order valence-corrected chi connectivity index (χ4v) is 4.21. The van der Waals surface area contributed by atoms with E-state index in [1.165, 1.54) is 0 Å². The molecule has 0 aliphatic carbocycles. The smallest absolute Gasteiger partial charge is 0.391 e. The van der Waals surface area contributed by atoms with Gasteiger partial charge in [-0.15, -0.1) is 0 Å². The molecule has 3 N–H and O–H groups in total. The molecule has 1 aliphatic rings. The summed E-state index contributed by atoms with van der Waals surface area (Å²) in [6, 6.07) is 12.8. The number of halogens is 3. The van der Waals surface area contributed by atoms with E-state index in [-0.39, 0.29) is 11.8 Å². The minimum Gasteiger partial charge on any atom is -0.391 e. The first kappa shape index (κ1) is 25.8. The fraction of sp³-hybridized carbons (Fsp3) is 0.423. The van der Waals surface area contributed by atoms with Crippen molar-refractivity contribution >= 4 is 11.8 Å². The van der Waals surface area contributed by atoms with Crippen LogP contribution in [0.4, 0.5) is 24.9 Å². The summed E-state index contributed by atoms with van der Waals surface area (Å²) in [7, 11) is 0. The average molecular weight is 501 g/mol. The van der Waals surface area contributed by atoms with Crippen LogP contribution in [0, 0.1) is 0 Å². The van der Waals surface area contributed by atoms with Crippen LogP contribution < -0.4 is 10.6 Å². The molecule has 1 aromatic carbocycles. The maximum atomic E-state index is 13.7. The molecule has 1 aliphatic heterocycles. The molecule has 0 bridgehead atoms. The van der Waals surface area contributed by atoms with E-state index in [9.17, 15) is 18.3 Å². The van der Waals surface area contributed by atoms with Crippen molar-refractivity contribution in [3.05, 3.63) is 66.0 Å². The van der Waals surface area contributed by atoms with Gasteiger partial charge in [0.05, 0.1) is 17.8 Å². The van der Waals surface area contributed by atoms with Crippen LogP contribution in [0.2, 0.25) is 0 Å². The maximum Gasteiger partial charge on any atom is 0.421 e. The number of hydrogen-bond acceptors (Lipinski definition) is 7. The molecule has 1 saturated heterocycles. The third-order valence-electron chi connectivity index (χ3n) is 6.27. The van der Waals surface area contributed by atoms with Gasteiger partial charge in [-0.05, 0) is 50.6 Å². The number of benzene rings is 1. The molecule has 10 heteroatoms. The highest BCUT2D eigenvalue weighted by Gasteiger charge is 2.36. The zero-order valence-electron chi connectivity index (χ0n) is 20.2. The molecule has 0 unspecified atom stereocenters. The van der Waals surface area contributed by atoms with E-state index in [2.05, 4.69) is 30.5 Å². The van der Waals surface area contributed by atoms with Gasteiger partial charge in [0.25, 0.3) is 0 Å². The number of aromatic nitrogens is 3. The lowest BCUT2D eigenvalue weighted by atomic mass is 10.1. The number of aliphatic hydroxyl groups excluding tert-OH is 1. The summed E-state index contributed by atoms with van der Waals surface area (Å²) in [5.74, 6) is -0.268. The number of rotatable bonds is 9. The van der Waals surface area contributed by atoms with Crippen molar-refractivity contribution in [1.29, 1.82) is 0 Å². The Bertz CT molecular complexity index is 1100. The van der Waals surface area contributed by atoms with Gasteiger partial charge < -0.3 is 20.6 Å². The summed E-state index contributed by atoms with van der Waals surface area (Å²) in [6.07, 6.45) is 0.256. The zero-order chi connectivity index (χ0) is 25.5. The van der Waals surface area contributed by atoms with Crippen LogP contribution in [0.3, 0.4) is 0 Å². The predicted molar refractivity (Wildman–Crippen MR) is 133 cm³/mol. The number of nitrogens with zero attached hydrogens (tertiary/aromatic N) is 4. The van der Waals surface area contributed by atoms with Crippen molar-refractivity contribution in [1.82, 2.24) is 19.9 Å². The molecule has 36 heavy (non-hydrogen) atoms. The third-order valence-corrected chi connectivity index (χ3v) is 6.27. The summed E-state index contributed by atoms with van der Waals surface area (Å²) in [4.78, 5) is 14.5. The lowest BCUT2D eigenvalue weighted by Gasteiger charge is -2.32. The first-order valence-electron chi connectivity index (χ1n) is 12.1. The quantitative estimate of drug-likeness (QED) is 0.389. The van der Waals surface area contributed by atoms with Crippen molar-refractivity contribution in [3.63, 3.8) is 0 Å². The van der Waals surface area contributed by atoms with Crippen molar-refractivity contribution in [2.75, 3.05) is 30.3 Å². The number of hydrogen-bond donors (Lipinski definition) is 3. The van der Waals surface area contributed by atoms with Crippen LogP contribution in [0.5, 0.6) is 0 Å². The van der Waals surface area contributed by atoms with Gasteiger partial charge in [-0.1, -0.05) is 36.8 Å². The molecule has 0 spiro atoms. The van der Waals surface area contributed by atoms with Crippen molar-refractivity contribution in [2.45, 2.75) is 51.1 Å². The number of pyridine rings is 1. The molecule has 1 fully saturated rings. The van der Waals surface area contributed by atoms with E-state index in [1.54, 1.807) is 13.1 Å². The van der Waals surface area contributed by atoms with Crippen LogP contribution in [-0.2, 0) is 12.7 Å². The van der Waals surface area contributed by atoms with Gasteiger partial charge in [-0.25, -0.2) is 4.98 Å². The Kier molecular flexibility index (Phi) is 8.37. The topological polar surface area (TPSA) is 86.2 Å². The minimum absolute atomic E-state index is 0.0709. The highest BCUT2D eigenvalue weighted by atomic mass is 19.4. The minimum atomic E-state index is -4.63. The van der Waals surface area contributed by atoms with Crippen molar-refractivity contribution in [2.24, 2.45) is 0 Å². The zero-order valence-corrected chi connectivity index (χ0v) is 20.2. The molecular formula is C26H31F3N6O. The molecular weight excluding hydrogens is 469 g/mol. The summed E-state index contributed by atoms with van der Waals surface area (Å²) < 4.78 is 41.1. The van der Waals surface area contributed by atoms with Gasteiger partial charge in [0, 0.05) is 31.0 Å². The predicted octanol–water partition coefficient (Wildman–Crippen LogP) is 4.82. The Hall–Kier alpha value is -3.24. The maximum absolute atomic E-state index is 13.7. The normalized spacial score (nSPS) is 16.4. The average Bonchev–Trinajstić information content (AvgIpc) is 2.88. The van der Waals surface area contributed by atoms with Crippen LogP contribution >= 0.6 is 0 Å². The Morgan fingerprint density at radius 3 is 2.42 bits per heavy atom. The summed E-state index contributed by atoms with van der Waals surface area (Å²) in [6.45, 7) is 4.08. The van der Waals surface area contributed by atoms with Crippen LogP contribution in [0.25, 0.3) is 11.3 Å². The molecule has 2 aromatic heterocycles. The van der Waals surface area contributed by atoms with Gasteiger partial charge in [0.2, 0.25) is 5.95 Å². The number of alkyl halides is 3. The van der Waals surface area contributed by atoms with Gasteiger partial charge in [0.15, 0.2) is 0 Å². The van der Waals surface area contributed by atoms with E-state index < -0.39 is 23.9 Å². The number of nitrogens with one attached hydrogen (secondary N) is 2. The first-order chi connectivity index (χ1) is 17.3. The summed E-state index contributed by atoms with van der Waals surface area (Å²) in [5, 5.41) is 16.2. The fourth-order valence-electron chi connectivity index (χ4n) is 4.21. The highest BCUT2D eigenvalue weighted by molar-refractivity contribution is 5.59. The molecule has 2 atom stereocenters. The molecule has 0 saturated carbocycles. The SMILES string of the molecule is C[C@@H](O)[C@@H](CN1CCCCC1)Nc1nc(NCc2ccc(-c3ccccn3)cc2)ncc1C(F)(F)F. The lowest BCUT2D eigenvalue weighted by molar-refractivity contribution is -0.137. The van der Waals surface area contributed by atoms with Crippen LogP contribution in [0.1, 0.15) is 37.3 Å². The number of anilines is 2. The van der Waals surface area contributed by atoms with Gasteiger partial charge in [-0.3, -0.25) is 4.98 Å². The van der Waals surface area contributed by atoms with E-state index in [0.717, 1.165) is 55.4 Å². The highest BCUT2D eigenvalue weighted by Crippen LogP contribution is 2.34. The van der Waals surface area contributed by atoms with E-state index in [4.69, 9.17) is 0 Å².